The Morgan fingerprint density at radius 3 is 2.80 bits per heavy atom. The fraction of sp³-hybridized carbons (Fsp3) is 0. The maximum Gasteiger partial charge on any atom is 0.271 e. The van der Waals surface area contributed by atoms with Crippen LogP contribution in [0.1, 0.15) is 0 Å². The first kappa shape index (κ1) is 9.81. The second-order valence-corrected chi connectivity index (χ2v) is 3.83. The number of hydrogen-bond donors (Lipinski definition) is 2. The van der Waals surface area contributed by atoms with E-state index in [1.807, 2.05) is 0 Å². The number of non-ortho nitro benzene ring substituents is 1. The molecule has 2 aromatic rings. The molecule has 6 nitrogen and oxygen atoms in total. The summed E-state index contributed by atoms with van der Waals surface area (Å²) in [5, 5.41) is 11.0. The highest BCUT2D eigenvalue weighted by molar-refractivity contribution is 7.79. The fourth-order valence-electron chi connectivity index (χ4n) is 1.35. The number of nitrogens with one attached hydrogen (secondary N) is 1. The molecule has 0 amide bonds. The molecule has 1 heterocycles. The molecule has 0 saturated carbocycles. The van der Waals surface area contributed by atoms with E-state index < -0.39 is 16.0 Å². The Kier molecular flexibility index (Phi) is 2.25. The zero-order chi connectivity index (χ0) is 11.0. The molecular formula is C8H6N2O4S. The topological polar surface area (TPSA) is 96.2 Å². The van der Waals surface area contributed by atoms with Gasteiger partial charge < -0.3 is 9.54 Å². The van der Waals surface area contributed by atoms with Crippen molar-refractivity contribution in [3.8, 4) is 0 Å². The van der Waals surface area contributed by atoms with Gasteiger partial charge in [-0.1, -0.05) is 0 Å². The minimum Gasteiger partial charge on any atom is -0.360 e. The number of H-pyrrole nitrogens is 1. The summed E-state index contributed by atoms with van der Waals surface area (Å²) in [5.41, 5.74) is 0.418. The summed E-state index contributed by atoms with van der Waals surface area (Å²) in [4.78, 5) is 12.9. The summed E-state index contributed by atoms with van der Waals surface area (Å²) in [6.07, 6.45) is 1.37. The lowest BCUT2D eigenvalue weighted by Gasteiger charge is -1.93. The standard InChI is InChI=1S/C8H6N2O4S/c11-10(12)5-1-2-6-7(3-5)9-4-8(6)15(13)14/h1-4,9H,(H,13,14). The van der Waals surface area contributed by atoms with Crippen LogP contribution in [-0.4, -0.2) is 18.7 Å². The molecule has 0 aliphatic rings. The van der Waals surface area contributed by atoms with Gasteiger partial charge in [-0.15, -0.1) is 0 Å². The van der Waals surface area contributed by atoms with Gasteiger partial charge in [-0.2, -0.15) is 0 Å². The van der Waals surface area contributed by atoms with Crippen molar-refractivity contribution in [3.63, 3.8) is 0 Å². The van der Waals surface area contributed by atoms with Crippen LogP contribution in [0.2, 0.25) is 0 Å². The first-order valence-electron chi connectivity index (χ1n) is 3.96. The van der Waals surface area contributed by atoms with Crippen LogP contribution in [0.3, 0.4) is 0 Å². The number of benzene rings is 1. The van der Waals surface area contributed by atoms with Crippen LogP contribution >= 0.6 is 0 Å². The Morgan fingerprint density at radius 1 is 1.47 bits per heavy atom. The lowest BCUT2D eigenvalue weighted by molar-refractivity contribution is -0.384. The van der Waals surface area contributed by atoms with Gasteiger partial charge in [0.05, 0.1) is 15.3 Å². The van der Waals surface area contributed by atoms with E-state index in [2.05, 4.69) is 4.98 Å². The maximum absolute atomic E-state index is 10.9. The molecule has 0 spiro atoms. The van der Waals surface area contributed by atoms with Crippen LogP contribution in [0.4, 0.5) is 5.69 Å². The number of fused-ring (bicyclic) bond motifs is 1. The predicted octanol–water partition coefficient (Wildman–Crippen LogP) is 1.66. The molecule has 1 aromatic heterocycles. The van der Waals surface area contributed by atoms with Crippen LogP contribution in [0.15, 0.2) is 29.3 Å². The van der Waals surface area contributed by atoms with Crippen LogP contribution in [0, 0.1) is 10.1 Å². The summed E-state index contributed by atoms with van der Waals surface area (Å²) < 4.78 is 19.8. The van der Waals surface area contributed by atoms with Gasteiger partial charge in [-0.05, 0) is 6.07 Å². The largest absolute Gasteiger partial charge is 0.360 e. The molecule has 78 valence electrons. The molecule has 0 aliphatic heterocycles. The molecule has 0 radical (unpaired) electrons. The molecule has 1 atom stereocenters. The Balaban J connectivity index is 2.66. The van der Waals surface area contributed by atoms with Crippen molar-refractivity contribution < 1.29 is 13.7 Å². The van der Waals surface area contributed by atoms with Gasteiger partial charge in [0.2, 0.25) is 0 Å². The zero-order valence-corrected chi connectivity index (χ0v) is 8.15. The summed E-state index contributed by atoms with van der Waals surface area (Å²) in [6.45, 7) is 0. The van der Waals surface area contributed by atoms with E-state index in [4.69, 9.17) is 4.55 Å². The van der Waals surface area contributed by atoms with Gasteiger partial charge in [-0.3, -0.25) is 10.1 Å². The van der Waals surface area contributed by atoms with E-state index in [9.17, 15) is 14.3 Å². The number of hydrogen-bond acceptors (Lipinski definition) is 3. The molecular weight excluding hydrogens is 220 g/mol. The number of nitro groups is 1. The number of nitrogens with zero attached hydrogens (tertiary/aromatic N) is 1. The lowest BCUT2D eigenvalue weighted by atomic mass is 10.2. The third-order valence-corrected chi connectivity index (χ3v) is 2.74. The minimum absolute atomic E-state index is 0.0559. The third-order valence-electron chi connectivity index (χ3n) is 2.03. The summed E-state index contributed by atoms with van der Waals surface area (Å²) in [7, 11) is 0. The smallest absolute Gasteiger partial charge is 0.271 e. The maximum atomic E-state index is 10.9. The first-order valence-corrected chi connectivity index (χ1v) is 5.06. The van der Waals surface area contributed by atoms with E-state index in [1.54, 1.807) is 0 Å². The van der Waals surface area contributed by atoms with Crippen molar-refractivity contribution in [1.29, 1.82) is 0 Å². The SMILES string of the molecule is O=[N+]([O-])c1ccc2c(S(=O)O)c[nH]c2c1. The highest BCUT2D eigenvalue weighted by atomic mass is 32.2. The first-order chi connectivity index (χ1) is 7.09. The quantitative estimate of drug-likeness (QED) is 0.462. The Morgan fingerprint density at radius 2 is 2.20 bits per heavy atom. The monoisotopic (exact) mass is 226 g/mol. The van der Waals surface area contributed by atoms with Crippen molar-refractivity contribution in [1.82, 2.24) is 4.98 Å². The summed E-state index contributed by atoms with van der Waals surface area (Å²) >= 11 is -2.09. The second kappa shape index (κ2) is 3.44. The zero-order valence-electron chi connectivity index (χ0n) is 7.34. The molecule has 0 saturated heterocycles. The van der Waals surface area contributed by atoms with Crippen LogP contribution in [0.5, 0.6) is 0 Å². The average molecular weight is 226 g/mol. The van der Waals surface area contributed by atoms with Gasteiger partial charge in [-0.25, -0.2) is 4.21 Å². The number of aromatic amines is 1. The number of nitro benzene ring substituents is 1. The van der Waals surface area contributed by atoms with Crippen LogP contribution in [0.25, 0.3) is 10.9 Å². The summed E-state index contributed by atoms with van der Waals surface area (Å²) in [6, 6.07) is 4.08. The minimum atomic E-state index is -2.09. The van der Waals surface area contributed by atoms with E-state index in [0.717, 1.165) is 0 Å². The molecule has 15 heavy (non-hydrogen) atoms. The molecule has 2 N–H and O–H groups in total. The molecule has 1 unspecified atom stereocenters. The average Bonchev–Trinajstić information content (AvgIpc) is 2.59. The Labute approximate surface area is 86.4 Å². The van der Waals surface area contributed by atoms with E-state index in [-0.39, 0.29) is 10.6 Å². The van der Waals surface area contributed by atoms with Crippen molar-refractivity contribution in [3.05, 3.63) is 34.5 Å². The predicted molar refractivity (Wildman–Crippen MR) is 54.0 cm³/mol. The van der Waals surface area contributed by atoms with Crippen molar-refractivity contribution >= 4 is 27.7 Å². The fourth-order valence-corrected chi connectivity index (χ4v) is 1.87. The third kappa shape index (κ3) is 1.62. The highest BCUT2D eigenvalue weighted by Gasteiger charge is 2.12. The van der Waals surface area contributed by atoms with Gasteiger partial charge in [0.1, 0.15) is 0 Å². The highest BCUT2D eigenvalue weighted by Crippen LogP contribution is 2.24. The molecule has 7 heteroatoms. The van der Waals surface area contributed by atoms with Gasteiger partial charge in [0, 0.05) is 23.7 Å². The van der Waals surface area contributed by atoms with E-state index in [1.165, 1.54) is 24.4 Å². The molecule has 0 aliphatic carbocycles. The van der Waals surface area contributed by atoms with Crippen molar-refractivity contribution in [2.45, 2.75) is 4.90 Å². The normalized spacial score (nSPS) is 12.9. The Hall–Kier alpha value is -1.73. The molecule has 0 bridgehead atoms. The molecule has 2 rings (SSSR count). The van der Waals surface area contributed by atoms with Crippen LogP contribution in [-0.2, 0) is 11.1 Å². The Bertz CT molecular complexity index is 563. The van der Waals surface area contributed by atoms with Gasteiger partial charge in [0.15, 0.2) is 11.1 Å². The second-order valence-electron chi connectivity index (χ2n) is 2.89. The van der Waals surface area contributed by atoms with Gasteiger partial charge in [0.25, 0.3) is 5.69 Å². The van der Waals surface area contributed by atoms with E-state index in [0.29, 0.717) is 10.9 Å². The van der Waals surface area contributed by atoms with Crippen molar-refractivity contribution in [2.24, 2.45) is 0 Å². The summed E-state index contributed by atoms with van der Waals surface area (Å²) in [5.74, 6) is 0. The van der Waals surface area contributed by atoms with E-state index >= 15 is 0 Å². The molecule has 1 aromatic carbocycles. The van der Waals surface area contributed by atoms with Crippen molar-refractivity contribution in [2.75, 3.05) is 0 Å². The number of rotatable bonds is 2. The van der Waals surface area contributed by atoms with Gasteiger partial charge >= 0.3 is 0 Å². The lowest BCUT2D eigenvalue weighted by Crippen LogP contribution is -1.88. The number of aromatic nitrogens is 1. The molecule has 0 fully saturated rings. The van der Waals surface area contributed by atoms with Crippen LogP contribution < -0.4 is 0 Å².